The first kappa shape index (κ1) is 18.1. The second-order valence-electron chi connectivity index (χ2n) is 4.95. The lowest BCUT2D eigenvalue weighted by atomic mass is 10.1. The largest absolute Gasteiger partial charge is 0.416 e. The number of amides is 2. The molecule has 8 heteroatoms. The molecule has 24 heavy (non-hydrogen) atoms. The number of urea groups is 1. The van der Waals surface area contributed by atoms with Gasteiger partial charge in [0.25, 0.3) is 0 Å². The van der Waals surface area contributed by atoms with Crippen LogP contribution in [0, 0.1) is 0 Å². The number of hydrogen-bond donors (Lipinski definition) is 3. The van der Waals surface area contributed by atoms with Crippen molar-refractivity contribution in [2.75, 3.05) is 11.9 Å². The summed E-state index contributed by atoms with van der Waals surface area (Å²) in [5.41, 5.74) is -0.135. The maximum atomic E-state index is 12.5. The summed E-state index contributed by atoms with van der Waals surface area (Å²) in [6.07, 6.45) is -5.57. The van der Waals surface area contributed by atoms with Crippen molar-refractivity contribution in [2.45, 2.75) is 12.3 Å². The Bertz CT molecular complexity index is 705. The standard InChI is InChI=1S/C16H14ClF3N2O2/c17-12-3-1-2-4-13(12)22-15(24)21-9-14(23)10-5-7-11(8-6-10)16(18,19)20/h1-8,14,23H,9H2,(H2,21,22,24). The maximum absolute atomic E-state index is 12.5. The number of nitrogens with one attached hydrogen (secondary N) is 2. The number of anilines is 1. The van der Waals surface area contributed by atoms with Gasteiger partial charge in [0.2, 0.25) is 0 Å². The van der Waals surface area contributed by atoms with Gasteiger partial charge in [-0.1, -0.05) is 35.9 Å². The van der Waals surface area contributed by atoms with E-state index < -0.39 is 23.9 Å². The molecule has 2 aromatic carbocycles. The van der Waals surface area contributed by atoms with E-state index in [0.717, 1.165) is 12.1 Å². The third-order valence-corrected chi connectivity index (χ3v) is 3.53. The van der Waals surface area contributed by atoms with Crippen LogP contribution in [0.4, 0.5) is 23.7 Å². The number of aliphatic hydroxyl groups excluding tert-OH is 1. The van der Waals surface area contributed by atoms with Gasteiger partial charge in [-0.15, -0.1) is 0 Å². The smallest absolute Gasteiger partial charge is 0.387 e. The Morgan fingerprint density at radius 1 is 1.12 bits per heavy atom. The van der Waals surface area contributed by atoms with Crippen LogP contribution in [0.15, 0.2) is 48.5 Å². The Morgan fingerprint density at radius 3 is 2.33 bits per heavy atom. The highest BCUT2D eigenvalue weighted by molar-refractivity contribution is 6.33. The van der Waals surface area contributed by atoms with Crippen molar-refractivity contribution in [3.05, 3.63) is 64.7 Å². The number of hydrogen-bond acceptors (Lipinski definition) is 2. The molecule has 0 aliphatic carbocycles. The zero-order chi connectivity index (χ0) is 17.7. The van der Waals surface area contributed by atoms with Crippen LogP contribution in [0.2, 0.25) is 5.02 Å². The van der Waals surface area contributed by atoms with Gasteiger partial charge in [-0.3, -0.25) is 0 Å². The van der Waals surface area contributed by atoms with E-state index in [9.17, 15) is 23.1 Å². The number of halogens is 4. The van der Waals surface area contributed by atoms with E-state index in [1.54, 1.807) is 24.3 Å². The molecular formula is C16H14ClF3N2O2. The van der Waals surface area contributed by atoms with Gasteiger partial charge >= 0.3 is 12.2 Å². The van der Waals surface area contributed by atoms with Gasteiger partial charge in [0.05, 0.1) is 22.4 Å². The number of para-hydroxylation sites is 1. The van der Waals surface area contributed by atoms with Crippen LogP contribution in [0.1, 0.15) is 17.2 Å². The number of carbonyl (C=O) groups is 1. The summed E-state index contributed by atoms with van der Waals surface area (Å²) in [5.74, 6) is 0. The average Bonchev–Trinajstić information content (AvgIpc) is 2.54. The van der Waals surface area contributed by atoms with Crippen LogP contribution in [0.25, 0.3) is 0 Å². The third kappa shape index (κ3) is 4.87. The van der Waals surface area contributed by atoms with Crippen LogP contribution in [0.5, 0.6) is 0 Å². The molecule has 4 nitrogen and oxygen atoms in total. The number of alkyl halides is 3. The molecule has 2 aromatic rings. The fraction of sp³-hybridized carbons (Fsp3) is 0.188. The molecule has 0 spiro atoms. The highest BCUT2D eigenvalue weighted by Crippen LogP contribution is 2.29. The summed E-state index contributed by atoms with van der Waals surface area (Å²) in [6, 6.07) is 10.1. The van der Waals surface area contributed by atoms with Crippen molar-refractivity contribution >= 4 is 23.3 Å². The molecular weight excluding hydrogens is 345 g/mol. The first-order valence-electron chi connectivity index (χ1n) is 6.92. The minimum atomic E-state index is -4.43. The molecule has 0 saturated carbocycles. The van der Waals surface area contributed by atoms with Crippen LogP contribution < -0.4 is 10.6 Å². The van der Waals surface area contributed by atoms with Gasteiger partial charge in [0.1, 0.15) is 0 Å². The monoisotopic (exact) mass is 358 g/mol. The molecule has 0 aromatic heterocycles. The van der Waals surface area contributed by atoms with Crippen molar-refractivity contribution in [3.8, 4) is 0 Å². The summed E-state index contributed by atoms with van der Waals surface area (Å²) in [4.78, 5) is 11.7. The van der Waals surface area contributed by atoms with Gasteiger partial charge in [-0.2, -0.15) is 13.2 Å². The van der Waals surface area contributed by atoms with Crippen LogP contribution in [0.3, 0.4) is 0 Å². The van der Waals surface area contributed by atoms with Crippen molar-refractivity contribution in [1.82, 2.24) is 5.32 Å². The van der Waals surface area contributed by atoms with Crippen molar-refractivity contribution in [2.24, 2.45) is 0 Å². The molecule has 0 radical (unpaired) electrons. The fourth-order valence-electron chi connectivity index (χ4n) is 1.93. The number of benzene rings is 2. The molecule has 0 fully saturated rings. The van der Waals surface area contributed by atoms with E-state index in [1.807, 2.05) is 0 Å². The molecule has 0 aliphatic rings. The van der Waals surface area contributed by atoms with E-state index in [0.29, 0.717) is 10.7 Å². The summed E-state index contributed by atoms with van der Waals surface area (Å²) in [6.45, 7) is -0.165. The Morgan fingerprint density at radius 2 is 1.75 bits per heavy atom. The second-order valence-corrected chi connectivity index (χ2v) is 5.36. The molecule has 1 unspecified atom stereocenters. The van der Waals surface area contributed by atoms with Crippen LogP contribution >= 0.6 is 11.6 Å². The molecule has 0 aliphatic heterocycles. The van der Waals surface area contributed by atoms with Gasteiger partial charge in [0.15, 0.2) is 0 Å². The second kappa shape index (κ2) is 7.55. The highest BCUT2D eigenvalue weighted by atomic mass is 35.5. The Balaban J connectivity index is 1.89. The summed E-state index contributed by atoms with van der Waals surface area (Å²) in [5, 5.41) is 15.2. The number of rotatable bonds is 4. The predicted molar refractivity (Wildman–Crippen MR) is 84.9 cm³/mol. The van der Waals surface area contributed by atoms with Gasteiger partial charge in [0, 0.05) is 6.54 Å². The SMILES string of the molecule is O=C(NCC(O)c1ccc(C(F)(F)F)cc1)Nc1ccccc1Cl. The molecule has 1 atom stereocenters. The first-order valence-corrected chi connectivity index (χ1v) is 7.30. The minimum Gasteiger partial charge on any atom is -0.387 e. The zero-order valence-electron chi connectivity index (χ0n) is 12.3. The predicted octanol–water partition coefficient (Wildman–Crippen LogP) is 4.21. The number of carbonyl (C=O) groups excluding carboxylic acids is 1. The molecule has 128 valence electrons. The summed E-state index contributed by atoms with van der Waals surface area (Å²) >= 11 is 5.89. The van der Waals surface area contributed by atoms with Gasteiger partial charge in [-0.05, 0) is 29.8 Å². The zero-order valence-corrected chi connectivity index (χ0v) is 13.0. The highest BCUT2D eigenvalue weighted by Gasteiger charge is 2.30. The first-order chi connectivity index (χ1) is 11.3. The maximum Gasteiger partial charge on any atom is 0.416 e. The summed E-state index contributed by atoms with van der Waals surface area (Å²) < 4.78 is 37.4. The average molecular weight is 359 g/mol. The van der Waals surface area contributed by atoms with E-state index in [2.05, 4.69) is 10.6 Å². The van der Waals surface area contributed by atoms with Crippen molar-refractivity contribution in [3.63, 3.8) is 0 Å². The summed E-state index contributed by atoms with van der Waals surface area (Å²) in [7, 11) is 0. The Labute approximate surface area is 141 Å². The van der Waals surface area contributed by atoms with Gasteiger partial charge in [-0.25, -0.2) is 4.79 Å². The number of aliphatic hydroxyl groups is 1. The lowest BCUT2D eigenvalue weighted by molar-refractivity contribution is -0.137. The fourth-order valence-corrected chi connectivity index (χ4v) is 2.11. The van der Waals surface area contributed by atoms with E-state index >= 15 is 0 Å². The van der Waals surface area contributed by atoms with Crippen molar-refractivity contribution in [1.29, 1.82) is 0 Å². The molecule has 0 heterocycles. The van der Waals surface area contributed by atoms with Crippen LogP contribution in [-0.2, 0) is 6.18 Å². The third-order valence-electron chi connectivity index (χ3n) is 3.20. The normalized spacial score (nSPS) is 12.5. The topological polar surface area (TPSA) is 61.4 Å². The molecule has 0 saturated heterocycles. The van der Waals surface area contributed by atoms with E-state index in [1.165, 1.54) is 12.1 Å². The van der Waals surface area contributed by atoms with E-state index in [-0.39, 0.29) is 12.1 Å². The van der Waals surface area contributed by atoms with Crippen molar-refractivity contribution < 1.29 is 23.1 Å². The van der Waals surface area contributed by atoms with Gasteiger partial charge < -0.3 is 15.7 Å². The molecule has 3 N–H and O–H groups in total. The minimum absolute atomic E-state index is 0.165. The quantitative estimate of drug-likeness (QED) is 0.766. The Hall–Kier alpha value is -2.25. The molecule has 2 amide bonds. The lowest BCUT2D eigenvalue weighted by Crippen LogP contribution is -2.32. The lowest BCUT2D eigenvalue weighted by Gasteiger charge is -2.14. The Kier molecular flexibility index (Phi) is 5.69. The molecule has 0 bridgehead atoms. The van der Waals surface area contributed by atoms with Crippen LogP contribution in [-0.4, -0.2) is 17.7 Å². The van der Waals surface area contributed by atoms with E-state index in [4.69, 9.17) is 11.6 Å². The molecule has 2 rings (SSSR count).